The van der Waals surface area contributed by atoms with Crippen molar-refractivity contribution in [2.45, 2.75) is 28.4 Å². The first kappa shape index (κ1) is 20.0. The second kappa shape index (κ2) is 8.21. The van der Waals surface area contributed by atoms with Gasteiger partial charge in [-0.05, 0) is 30.3 Å². The monoisotopic (exact) mass is 426 g/mol. The van der Waals surface area contributed by atoms with Crippen molar-refractivity contribution in [1.82, 2.24) is 4.57 Å². The minimum Gasteiger partial charge on any atom is -0.493 e. The zero-order valence-corrected chi connectivity index (χ0v) is 16.5. The summed E-state index contributed by atoms with van der Waals surface area (Å²) in [5.74, 6) is 0.434. The van der Waals surface area contributed by atoms with E-state index in [9.17, 15) is 24.2 Å². The Labute approximate surface area is 174 Å². The van der Waals surface area contributed by atoms with E-state index in [1.165, 1.54) is 0 Å². The largest absolute Gasteiger partial charge is 0.493 e. The summed E-state index contributed by atoms with van der Waals surface area (Å²) in [6.07, 6.45) is 0.323. The summed E-state index contributed by atoms with van der Waals surface area (Å²) in [4.78, 5) is 24.2. The van der Waals surface area contributed by atoms with Crippen LogP contribution in [-0.4, -0.2) is 31.5 Å². The Morgan fingerprint density at radius 1 is 1.10 bits per heavy atom. The summed E-state index contributed by atoms with van der Waals surface area (Å²) in [5, 5.41) is 22.0. The van der Waals surface area contributed by atoms with Crippen LogP contribution < -0.4 is 10.3 Å². The molecule has 3 atom stereocenters. The predicted molar refractivity (Wildman–Crippen MR) is 109 cm³/mol. The van der Waals surface area contributed by atoms with Crippen molar-refractivity contribution in [3.8, 4) is 5.75 Å². The second-order valence-electron chi connectivity index (χ2n) is 6.82. The Balaban J connectivity index is 1.86. The van der Waals surface area contributed by atoms with Gasteiger partial charge < -0.3 is 9.84 Å². The fourth-order valence-electron chi connectivity index (χ4n) is 3.49. The van der Waals surface area contributed by atoms with E-state index < -0.39 is 33.4 Å². The molecule has 0 fully saturated rings. The van der Waals surface area contributed by atoms with Gasteiger partial charge in [0.1, 0.15) is 5.75 Å². The summed E-state index contributed by atoms with van der Waals surface area (Å²) < 4.78 is 19.9. The van der Waals surface area contributed by atoms with Crippen LogP contribution in [0.15, 0.2) is 81.4 Å². The smallest absolute Gasteiger partial charge is 0.285 e. The molecule has 0 aliphatic carbocycles. The van der Waals surface area contributed by atoms with Gasteiger partial charge in [0.05, 0.1) is 40.7 Å². The van der Waals surface area contributed by atoms with Gasteiger partial charge in [0.2, 0.25) is 0 Å². The van der Waals surface area contributed by atoms with Crippen molar-refractivity contribution in [2.75, 3.05) is 6.61 Å². The number of pyridine rings is 1. The molecule has 2 aromatic carbocycles. The molecule has 0 amide bonds. The summed E-state index contributed by atoms with van der Waals surface area (Å²) in [5.41, 5.74) is -0.311. The van der Waals surface area contributed by atoms with E-state index in [2.05, 4.69) is 0 Å². The number of hydrogen-bond donors (Lipinski definition) is 1. The number of aliphatic hydroxyl groups is 1. The molecule has 9 heteroatoms. The van der Waals surface area contributed by atoms with Gasteiger partial charge in [-0.15, -0.1) is 0 Å². The average Bonchev–Trinajstić information content (AvgIpc) is 2.91. The van der Waals surface area contributed by atoms with Crippen molar-refractivity contribution in [2.24, 2.45) is 0 Å². The van der Waals surface area contributed by atoms with E-state index in [0.717, 1.165) is 22.9 Å². The van der Waals surface area contributed by atoms with E-state index in [-0.39, 0.29) is 18.7 Å². The molecule has 3 aromatic rings. The minimum absolute atomic E-state index is 0.218. The molecule has 0 bridgehead atoms. The molecule has 1 N–H and O–H groups in total. The third-order valence-electron chi connectivity index (χ3n) is 4.94. The molecule has 2 heterocycles. The van der Waals surface area contributed by atoms with Crippen LogP contribution in [-0.2, 0) is 10.8 Å². The van der Waals surface area contributed by atoms with Gasteiger partial charge in [0, 0.05) is 33.9 Å². The van der Waals surface area contributed by atoms with Gasteiger partial charge in [0.25, 0.3) is 11.2 Å². The molecular weight excluding hydrogens is 408 g/mol. The highest BCUT2D eigenvalue weighted by atomic mass is 32.2. The third-order valence-corrected chi connectivity index (χ3v) is 6.32. The van der Waals surface area contributed by atoms with E-state index in [1.54, 1.807) is 42.5 Å². The van der Waals surface area contributed by atoms with Crippen molar-refractivity contribution >= 4 is 16.5 Å². The number of fused-ring (bicyclic) bond motifs is 1. The molecule has 1 aromatic heterocycles. The maximum Gasteiger partial charge on any atom is 0.285 e. The van der Waals surface area contributed by atoms with E-state index in [4.69, 9.17) is 4.74 Å². The number of rotatable bonds is 4. The summed E-state index contributed by atoms with van der Waals surface area (Å²) >= 11 is 0. The van der Waals surface area contributed by atoms with Crippen LogP contribution in [0.5, 0.6) is 5.75 Å². The lowest BCUT2D eigenvalue weighted by atomic mass is 9.99. The number of aromatic nitrogens is 1. The highest BCUT2D eigenvalue weighted by Gasteiger charge is 2.31. The Morgan fingerprint density at radius 2 is 1.87 bits per heavy atom. The zero-order chi connectivity index (χ0) is 21.3. The second-order valence-corrected chi connectivity index (χ2v) is 8.30. The minimum atomic E-state index is -1.48. The van der Waals surface area contributed by atoms with Crippen LogP contribution in [0.25, 0.3) is 0 Å². The Hall–Kier alpha value is -3.30. The van der Waals surface area contributed by atoms with Crippen molar-refractivity contribution in [3.63, 3.8) is 0 Å². The first-order valence-corrected chi connectivity index (χ1v) is 10.4. The maximum atomic E-state index is 13.0. The lowest BCUT2D eigenvalue weighted by Crippen LogP contribution is -2.32. The summed E-state index contributed by atoms with van der Waals surface area (Å²) in [6.45, 7) is 0.218. The first-order chi connectivity index (χ1) is 14.5. The first-order valence-electron chi connectivity index (χ1n) is 9.24. The van der Waals surface area contributed by atoms with Crippen LogP contribution in [0.3, 0.4) is 0 Å². The molecule has 30 heavy (non-hydrogen) atoms. The van der Waals surface area contributed by atoms with Gasteiger partial charge in [-0.2, -0.15) is 0 Å². The standard InChI is InChI=1S/C21H18N2O6S/c24-18-10-11-29-19-8-7-16(30(28)15-4-2-1-3-5-15)12-17(19)21(18)22-13-14(23(26)27)6-9-20(22)25/h1-9,12-13,18,21,24H,10-11H2/t18-,21-,30?/m1/s1. The molecule has 0 radical (unpaired) electrons. The highest BCUT2D eigenvalue weighted by molar-refractivity contribution is 7.85. The van der Waals surface area contributed by atoms with Gasteiger partial charge in [-0.1, -0.05) is 18.2 Å². The summed E-state index contributed by atoms with van der Waals surface area (Å²) in [7, 11) is -1.48. The van der Waals surface area contributed by atoms with Gasteiger partial charge >= 0.3 is 0 Å². The SMILES string of the molecule is O=c1ccc([N+](=O)[O-])cn1[C@@H]1c2cc(S(=O)c3ccccc3)ccc2OCC[C@H]1O. The van der Waals surface area contributed by atoms with Crippen molar-refractivity contribution < 1.29 is 19.0 Å². The fourth-order valence-corrected chi connectivity index (χ4v) is 4.59. The molecule has 0 spiro atoms. The van der Waals surface area contributed by atoms with Crippen LogP contribution in [0.2, 0.25) is 0 Å². The van der Waals surface area contributed by atoms with E-state index in [1.807, 2.05) is 6.07 Å². The normalized spacial score (nSPS) is 19.2. The van der Waals surface area contributed by atoms with Gasteiger partial charge in [-0.25, -0.2) is 4.21 Å². The van der Waals surface area contributed by atoms with Crippen LogP contribution in [0.4, 0.5) is 5.69 Å². The quantitative estimate of drug-likeness (QED) is 0.507. The van der Waals surface area contributed by atoms with Crippen LogP contribution in [0, 0.1) is 10.1 Å². The molecular formula is C21H18N2O6S. The van der Waals surface area contributed by atoms with E-state index in [0.29, 0.717) is 21.1 Å². The molecule has 8 nitrogen and oxygen atoms in total. The number of nitro groups is 1. The predicted octanol–water partition coefficient (Wildman–Crippen LogP) is 2.66. The Kier molecular flexibility index (Phi) is 5.47. The molecule has 0 saturated heterocycles. The number of aliphatic hydroxyl groups excluding tert-OH is 1. The molecule has 1 unspecified atom stereocenters. The fraction of sp³-hybridized carbons (Fsp3) is 0.190. The van der Waals surface area contributed by atoms with Crippen molar-refractivity contribution in [3.05, 3.63) is 92.9 Å². The lowest BCUT2D eigenvalue weighted by molar-refractivity contribution is -0.385. The Morgan fingerprint density at radius 3 is 2.60 bits per heavy atom. The van der Waals surface area contributed by atoms with Crippen LogP contribution in [0.1, 0.15) is 18.0 Å². The third kappa shape index (κ3) is 3.77. The Bertz CT molecular complexity index is 1180. The molecule has 1 aliphatic rings. The average molecular weight is 426 g/mol. The molecule has 1 aliphatic heterocycles. The van der Waals surface area contributed by atoms with Crippen LogP contribution >= 0.6 is 0 Å². The van der Waals surface area contributed by atoms with Gasteiger partial charge in [0.15, 0.2) is 0 Å². The number of ether oxygens (including phenoxy) is 1. The molecule has 154 valence electrons. The number of nitrogens with zero attached hydrogens (tertiary/aromatic N) is 2. The number of hydrogen-bond acceptors (Lipinski definition) is 6. The summed E-state index contributed by atoms with van der Waals surface area (Å²) in [6, 6.07) is 15.2. The van der Waals surface area contributed by atoms with Gasteiger partial charge in [-0.3, -0.25) is 19.5 Å². The highest BCUT2D eigenvalue weighted by Crippen LogP contribution is 2.36. The number of benzene rings is 2. The topological polar surface area (TPSA) is 112 Å². The molecule has 4 rings (SSSR count). The lowest BCUT2D eigenvalue weighted by Gasteiger charge is -2.24. The zero-order valence-electron chi connectivity index (χ0n) is 15.7. The maximum absolute atomic E-state index is 13.0. The van der Waals surface area contributed by atoms with Crippen molar-refractivity contribution in [1.29, 1.82) is 0 Å². The molecule has 0 saturated carbocycles. The van der Waals surface area contributed by atoms with E-state index >= 15 is 0 Å².